The molecule has 2 fully saturated rings. The molecule has 0 aromatic carbocycles. The summed E-state index contributed by atoms with van der Waals surface area (Å²) in [6.45, 7) is 5.37. The van der Waals surface area contributed by atoms with Gasteiger partial charge < -0.3 is 15.5 Å². The van der Waals surface area contributed by atoms with Crippen molar-refractivity contribution < 1.29 is 14.4 Å². The number of likely N-dealkylation sites (tertiary alicyclic amines) is 1. The zero-order chi connectivity index (χ0) is 16.1. The summed E-state index contributed by atoms with van der Waals surface area (Å²) in [5, 5.41) is 6.06. The van der Waals surface area contributed by atoms with Crippen molar-refractivity contribution in [3.8, 4) is 0 Å². The smallest absolute Gasteiger partial charge is 0.246 e. The summed E-state index contributed by atoms with van der Waals surface area (Å²) in [6.07, 6.45) is 6.01. The predicted octanol–water partition coefficient (Wildman–Crippen LogP) is 0.370. The standard InChI is InChI=1S/C16H26N3O3/c1-3-11(2)14(18-15(21)13-7-4-8-17-13)16(22)19-9-5-6-12(19)10-20/h11-14,17H,3-9H2,1-2H3,(H,18,21)/t11-,12-,13-,14-/m0/s1. The van der Waals surface area contributed by atoms with Crippen molar-refractivity contribution >= 4 is 18.1 Å². The van der Waals surface area contributed by atoms with Crippen LogP contribution in [0.3, 0.4) is 0 Å². The average Bonchev–Trinajstić information content (AvgIpc) is 3.21. The zero-order valence-corrected chi connectivity index (χ0v) is 13.4. The van der Waals surface area contributed by atoms with Crippen LogP contribution in [-0.2, 0) is 14.4 Å². The van der Waals surface area contributed by atoms with Gasteiger partial charge in [0.25, 0.3) is 0 Å². The molecule has 1 radical (unpaired) electrons. The third kappa shape index (κ3) is 3.66. The lowest BCUT2D eigenvalue weighted by Gasteiger charge is -2.30. The highest BCUT2D eigenvalue weighted by atomic mass is 16.2. The summed E-state index contributed by atoms with van der Waals surface area (Å²) in [7, 11) is 0. The molecule has 2 aliphatic rings. The molecule has 6 nitrogen and oxygen atoms in total. The van der Waals surface area contributed by atoms with E-state index in [2.05, 4.69) is 10.6 Å². The fourth-order valence-electron chi connectivity index (χ4n) is 3.18. The van der Waals surface area contributed by atoms with E-state index in [4.69, 9.17) is 0 Å². The van der Waals surface area contributed by atoms with Crippen molar-refractivity contribution in [1.29, 1.82) is 0 Å². The van der Waals surface area contributed by atoms with Gasteiger partial charge in [0.05, 0.1) is 12.1 Å². The van der Waals surface area contributed by atoms with E-state index >= 15 is 0 Å². The number of nitrogens with one attached hydrogen (secondary N) is 2. The highest BCUT2D eigenvalue weighted by molar-refractivity contribution is 5.91. The van der Waals surface area contributed by atoms with Gasteiger partial charge in [-0.3, -0.25) is 14.4 Å². The Morgan fingerprint density at radius 1 is 1.36 bits per heavy atom. The Balaban J connectivity index is 2.06. The lowest BCUT2D eigenvalue weighted by molar-refractivity contribution is -0.138. The second-order valence-corrected chi connectivity index (χ2v) is 6.33. The molecule has 0 bridgehead atoms. The van der Waals surface area contributed by atoms with Crippen LogP contribution in [0.5, 0.6) is 0 Å². The Bertz CT molecular complexity index is 421. The molecule has 2 amide bonds. The number of hydrogen-bond acceptors (Lipinski definition) is 4. The lowest BCUT2D eigenvalue weighted by Crippen LogP contribution is -2.55. The molecule has 0 unspecified atom stereocenters. The molecule has 22 heavy (non-hydrogen) atoms. The zero-order valence-electron chi connectivity index (χ0n) is 13.4. The lowest BCUT2D eigenvalue weighted by atomic mass is 9.97. The van der Waals surface area contributed by atoms with Crippen LogP contribution in [-0.4, -0.2) is 54.2 Å². The van der Waals surface area contributed by atoms with E-state index in [1.54, 1.807) is 4.90 Å². The molecule has 0 aromatic rings. The van der Waals surface area contributed by atoms with E-state index in [1.165, 1.54) is 0 Å². The van der Waals surface area contributed by atoms with Gasteiger partial charge in [-0.1, -0.05) is 20.3 Å². The van der Waals surface area contributed by atoms with Crippen molar-refractivity contribution in [2.24, 2.45) is 5.92 Å². The Hall–Kier alpha value is -1.43. The topological polar surface area (TPSA) is 78.5 Å². The van der Waals surface area contributed by atoms with Crippen LogP contribution in [0.15, 0.2) is 0 Å². The van der Waals surface area contributed by atoms with E-state index < -0.39 is 12.1 Å². The summed E-state index contributed by atoms with van der Waals surface area (Å²) in [5.74, 6) is -0.223. The van der Waals surface area contributed by atoms with Crippen molar-refractivity contribution in [2.75, 3.05) is 13.1 Å². The van der Waals surface area contributed by atoms with Crippen LogP contribution in [0, 0.1) is 5.92 Å². The molecule has 123 valence electrons. The van der Waals surface area contributed by atoms with Crippen LogP contribution >= 0.6 is 0 Å². The molecule has 0 spiro atoms. The Kier molecular flexibility index (Phi) is 5.94. The maximum Gasteiger partial charge on any atom is 0.246 e. The number of amides is 2. The van der Waals surface area contributed by atoms with E-state index in [-0.39, 0.29) is 23.8 Å². The van der Waals surface area contributed by atoms with Gasteiger partial charge in [0.2, 0.25) is 18.1 Å². The second-order valence-electron chi connectivity index (χ2n) is 6.33. The largest absolute Gasteiger partial charge is 0.343 e. The number of rotatable bonds is 6. The fourth-order valence-corrected chi connectivity index (χ4v) is 3.18. The van der Waals surface area contributed by atoms with Crippen molar-refractivity contribution in [3.63, 3.8) is 0 Å². The summed E-state index contributed by atoms with van der Waals surface area (Å²) < 4.78 is 0. The first-order valence-corrected chi connectivity index (χ1v) is 8.30. The maximum absolute atomic E-state index is 12.8. The SMILES string of the molecule is CC[C@H](C)[C@H](NC(=O)[C@@H]1CCCN1)C(=O)N1CCC[C@H]1[C]=O. The first kappa shape index (κ1) is 16.9. The first-order valence-electron chi connectivity index (χ1n) is 8.30. The summed E-state index contributed by atoms with van der Waals surface area (Å²) in [4.78, 5) is 37.7. The van der Waals surface area contributed by atoms with Crippen LogP contribution in [0.2, 0.25) is 0 Å². The van der Waals surface area contributed by atoms with Gasteiger partial charge in [0.1, 0.15) is 6.04 Å². The van der Waals surface area contributed by atoms with Crippen molar-refractivity contribution in [3.05, 3.63) is 0 Å². The summed E-state index contributed by atoms with van der Waals surface area (Å²) >= 11 is 0. The minimum Gasteiger partial charge on any atom is -0.343 e. The maximum atomic E-state index is 12.8. The van der Waals surface area contributed by atoms with Crippen LogP contribution in [0.4, 0.5) is 0 Å². The third-order valence-electron chi connectivity index (χ3n) is 4.83. The number of nitrogens with zero attached hydrogens (tertiary/aromatic N) is 1. The normalized spacial score (nSPS) is 27.5. The van der Waals surface area contributed by atoms with Gasteiger partial charge in [-0.15, -0.1) is 0 Å². The minimum atomic E-state index is -0.561. The number of hydrogen-bond donors (Lipinski definition) is 2. The molecule has 2 aliphatic heterocycles. The molecule has 0 saturated carbocycles. The fraction of sp³-hybridized carbons (Fsp3) is 0.812. The first-order chi connectivity index (χ1) is 10.6. The number of carbonyl (C=O) groups is 2. The quantitative estimate of drug-likeness (QED) is 0.743. The highest BCUT2D eigenvalue weighted by Crippen LogP contribution is 2.20. The number of carbonyl (C=O) groups excluding carboxylic acids is 3. The van der Waals surface area contributed by atoms with E-state index in [0.29, 0.717) is 13.0 Å². The van der Waals surface area contributed by atoms with Gasteiger partial charge in [-0.25, -0.2) is 0 Å². The highest BCUT2D eigenvalue weighted by Gasteiger charge is 2.37. The molecule has 2 heterocycles. The Labute approximate surface area is 132 Å². The van der Waals surface area contributed by atoms with Gasteiger partial charge in [0.15, 0.2) is 0 Å². The second kappa shape index (κ2) is 7.72. The molecule has 0 aromatic heterocycles. The molecular formula is C16H26N3O3. The molecule has 2 rings (SSSR count). The monoisotopic (exact) mass is 308 g/mol. The van der Waals surface area contributed by atoms with Crippen molar-refractivity contribution in [2.45, 2.75) is 64.1 Å². The molecule has 4 atom stereocenters. The van der Waals surface area contributed by atoms with Crippen LogP contribution < -0.4 is 10.6 Å². The van der Waals surface area contributed by atoms with Gasteiger partial charge in [-0.2, -0.15) is 0 Å². The molecule has 2 saturated heterocycles. The van der Waals surface area contributed by atoms with Gasteiger partial charge in [-0.05, 0) is 38.1 Å². The molecule has 6 heteroatoms. The summed E-state index contributed by atoms with van der Waals surface area (Å²) in [6, 6.07) is -1.22. The summed E-state index contributed by atoms with van der Waals surface area (Å²) in [5.41, 5.74) is 0. The molecule has 2 N–H and O–H groups in total. The van der Waals surface area contributed by atoms with E-state index in [0.717, 1.165) is 32.2 Å². The Morgan fingerprint density at radius 3 is 2.73 bits per heavy atom. The van der Waals surface area contributed by atoms with E-state index in [9.17, 15) is 14.4 Å². The third-order valence-corrected chi connectivity index (χ3v) is 4.83. The van der Waals surface area contributed by atoms with Crippen LogP contribution in [0.1, 0.15) is 46.0 Å². The molecular weight excluding hydrogens is 282 g/mol. The predicted molar refractivity (Wildman–Crippen MR) is 82.8 cm³/mol. The van der Waals surface area contributed by atoms with Gasteiger partial charge in [0, 0.05) is 6.54 Å². The molecule has 0 aliphatic carbocycles. The van der Waals surface area contributed by atoms with Gasteiger partial charge >= 0.3 is 0 Å². The Morgan fingerprint density at radius 2 is 2.14 bits per heavy atom. The minimum absolute atomic E-state index is 0.0331. The van der Waals surface area contributed by atoms with Crippen LogP contribution in [0.25, 0.3) is 0 Å². The van der Waals surface area contributed by atoms with E-state index in [1.807, 2.05) is 20.1 Å². The van der Waals surface area contributed by atoms with Crippen molar-refractivity contribution in [1.82, 2.24) is 15.5 Å². The average molecular weight is 308 g/mol.